The van der Waals surface area contributed by atoms with Crippen molar-refractivity contribution in [3.05, 3.63) is 81.6 Å². The number of rotatable bonds is 8. The Labute approximate surface area is 185 Å². The Morgan fingerprint density at radius 1 is 1.12 bits per heavy atom. The topological polar surface area (TPSA) is 101 Å². The van der Waals surface area contributed by atoms with E-state index in [1.807, 2.05) is 24.8 Å². The molecule has 0 fully saturated rings. The molecule has 32 heavy (non-hydrogen) atoms. The SMILES string of the molecule is COc1ccc([C@@H](NC(=O)c2cc(=O)[nH]o2)C(=O)Cc2ccc([Si](C)(C)C)c(F)c2)cc1. The van der Waals surface area contributed by atoms with Gasteiger partial charge in [0.15, 0.2) is 5.78 Å². The average Bonchev–Trinajstić information content (AvgIpc) is 3.17. The van der Waals surface area contributed by atoms with E-state index < -0.39 is 25.6 Å². The van der Waals surface area contributed by atoms with Crippen LogP contribution in [0.1, 0.15) is 27.7 Å². The van der Waals surface area contributed by atoms with E-state index >= 15 is 0 Å². The number of ketones is 1. The van der Waals surface area contributed by atoms with Crippen LogP contribution in [0.25, 0.3) is 0 Å². The normalized spacial score (nSPS) is 12.3. The summed E-state index contributed by atoms with van der Waals surface area (Å²) in [6.07, 6.45) is -0.0863. The minimum absolute atomic E-state index is 0.0863. The third kappa shape index (κ3) is 5.41. The second-order valence-electron chi connectivity index (χ2n) is 8.46. The molecule has 3 aromatic rings. The summed E-state index contributed by atoms with van der Waals surface area (Å²) < 4.78 is 24.6. The highest BCUT2D eigenvalue weighted by Gasteiger charge is 2.26. The zero-order valence-electron chi connectivity index (χ0n) is 18.3. The monoisotopic (exact) mass is 456 g/mol. The predicted octanol–water partition coefficient (Wildman–Crippen LogP) is 2.94. The van der Waals surface area contributed by atoms with Crippen molar-refractivity contribution in [2.24, 2.45) is 0 Å². The molecule has 7 nitrogen and oxygen atoms in total. The summed E-state index contributed by atoms with van der Waals surface area (Å²) in [6, 6.07) is 11.5. The van der Waals surface area contributed by atoms with Gasteiger partial charge in [0.2, 0.25) is 5.76 Å². The van der Waals surface area contributed by atoms with Gasteiger partial charge in [-0.3, -0.25) is 14.4 Å². The molecule has 0 radical (unpaired) electrons. The number of Topliss-reactive ketones (excluding diaryl/α,β-unsaturated/α-hetero) is 1. The number of H-pyrrole nitrogens is 1. The molecule has 1 aromatic heterocycles. The Balaban J connectivity index is 1.88. The van der Waals surface area contributed by atoms with Crippen molar-refractivity contribution in [1.82, 2.24) is 10.5 Å². The van der Waals surface area contributed by atoms with Crippen LogP contribution < -0.4 is 20.8 Å². The van der Waals surface area contributed by atoms with Crippen LogP contribution in [-0.4, -0.2) is 32.0 Å². The van der Waals surface area contributed by atoms with Crippen molar-refractivity contribution in [3.8, 4) is 5.75 Å². The number of aromatic amines is 1. The number of methoxy groups -OCH3 is 1. The first-order valence-corrected chi connectivity index (χ1v) is 13.5. The second-order valence-corrected chi connectivity index (χ2v) is 13.5. The average molecular weight is 457 g/mol. The molecule has 2 N–H and O–H groups in total. The molecular weight excluding hydrogens is 431 g/mol. The maximum atomic E-state index is 14.6. The van der Waals surface area contributed by atoms with E-state index in [0.29, 0.717) is 22.1 Å². The van der Waals surface area contributed by atoms with Gasteiger partial charge in [-0.25, -0.2) is 4.39 Å². The van der Waals surface area contributed by atoms with Gasteiger partial charge in [0, 0.05) is 6.42 Å². The second kappa shape index (κ2) is 9.35. The summed E-state index contributed by atoms with van der Waals surface area (Å²) in [7, 11) is -0.329. The van der Waals surface area contributed by atoms with Gasteiger partial charge in [-0.2, -0.15) is 5.16 Å². The van der Waals surface area contributed by atoms with E-state index in [-0.39, 0.29) is 23.8 Å². The molecule has 1 atom stereocenters. The largest absolute Gasteiger partial charge is 0.497 e. The quantitative estimate of drug-likeness (QED) is 0.508. The van der Waals surface area contributed by atoms with Crippen LogP contribution in [0.15, 0.2) is 57.8 Å². The van der Waals surface area contributed by atoms with E-state index in [4.69, 9.17) is 9.26 Å². The molecule has 0 saturated carbocycles. The number of carbonyl (C=O) groups excluding carboxylic acids is 2. The van der Waals surface area contributed by atoms with Crippen LogP contribution in [0.2, 0.25) is 19.6 Å². The van der Waals surface area contributed by atoms with Crippen LogP contribution in [0, 0.1) is 5.82 Å². The van der Waals surface area contributed by atoms with E-state index in [2.05, 4.69) is 5.32 Å². The number of amides is 1. The van der Waals surface area contributed by atoms with Gasteiger partial charge in [-0.05, 0) is 34.5 Å². The van der Waals surface area contributed by atoms with Gasteiger partial charge >= 0.3 is 0 Å². The minimum Gasteiger partial charge on any atom is -0.497 e. The molecule has 0 aliphatic carbocycles. The minimum atomic E-state index is -1.85. The van der Waals surface area contributed by atoms with E-state index in [1.165, 1.54) is 13.2 Å². The standard InChI is InChI=1S/C23H25FN2O5Si/c1-30-16-8-6-15(7-9-16)22(25-23(29)19-13-21(28)26-31-19)18(27)12-14-5-10-20(17(24)11-14)32(2,3)4/h5-11,13,22H,12H2,1-4H3,(H,25,29)(H,26,28)/t22-/m1/s1. The fourth-order valence-electron chi connectivity index (χ4n) is 3.32. The van der Waals surface area contributed by atoms with Crippen LogP contribution >= 0.6 is 0 Å². The van der Waals surface area contributed by atoms with Crippen molar-refractivity contribution in [3.63, 3.8) is 0 Å². The van der Waals surface area contributed by atoms with Crippen LogP contribution in [0.5, 0.6) is 5.75 Å². The molecule has 1 amide bonds. The zero-order chi connectivity index (χ0) is 23.5. The Hall–Kier alpha value is -3.46. The number of carbonyl (C=O) groups is 2. The first-order chi connectivity index (χ1) is 15.1. The summed E-state index contributed by atoms with van der Waals surface area (Å²) in [5.41, 5.74) is 0.456. The lowest BCUT2D eigenvalue weighted by atomic mass is 9.97. The number of benzene rings is 2. The first kappa shape index (κ1) is 23.2. The van der Waals surface area contributed by atoms with Crippen molar-refractivity contribution in [1.29, 1.82) is 0 Å². The lowest BCUT2D eigenvalue weighted by molar-refractivity contribution is -0.120. The summed E-state index contributed by atoms with van der Waals surface area (Å²) in [5, 5.41) is 5.33. The molecule has 0 aliphatic rings. The first-order valence-electron chi connectivity index (χ1n) is 10.0. The number of nitrogens with one attached hydrogen (secondary N) is 2. The van der Waals surface area contributed by atoms with Gasteiger partial charge in [-0.15, -0.1) is 0 Å². The number of aromatic nitrogens is 1. The van der Waals surface area contributed by atoms with Crippen molar-refractivity contribution >= 4 is 25.0 Å². The van der Waals surface area contributed by atoms with Gasteiger partial charge in [0.25, 0.3) is 11.5 Å². The van der Waals surface area contributed by atoms with Gasteiger partial charge in [-0.1, -0.05) is 43.9 Å². The molecule has 168 valence electrons. The third-order valence-corrected chi connectivity index (χ3v) is 7.04. The van der Waals surface area contributed by atoms with Crippen molar-refractivity contribution < 1.29 is 23.2 Å². The summed E-state index contributed by atoms with van der Waals surface area (Å²) >= 11 is 0. The number of halogens is 1. The zero-order valence-corrected chi connectivity index (χ0v) is 19.3. The summed E-state index contributed by atoms with van der Waals surface area (Å²) in [4.78, 5) is 37.0. The van der Waals surface area contributed by atoms with Crippen molar-refractivity contribution in [2.75, 3.05) is 7.11 Å². The van der Waals surface area contributed by atoms with E-state index in [1.54, 1.807) is 36.4 Å². The lowest BCUT2D eigenvalue weighted by Crippen LogP contribution is -2.40. The van der Waals surface area contributed by atoms with Crippen molar-refractivity contribution in [2.45, 2.75) is 32.1 Å². The van der Waals surface area contributed by atoms with Crippen LogP contribution in [-0.2, 0) is 11.2 Å². The predicted molar refractivity (Wildman–Crippen MR) is 121 cm³/mol. The maximum absolute atomic E-state index is 14.6. The van der Waals surface area contributed by atoms with Gasteiger partial charge < -0.3 is 14.6 Å². The van der Waals surface area contributed by atoms with E-state index in [9.17, 15) is 18.8 Å². The maximum Gasteiger partial charge on any atom is 0.290 e. The van der Waals surface area contributed by atoms with E-state index in [0.717, 1.165) is 6.07 Å². The molecule has 0 saturated heterocycles. The van der Waals surface area contributed by atoms with Crippen LogP contribution in [0.3, 0.4) is 0 Å². The number of ether oxygens (including phenoxy) is 1. The molecule has 0 spiro atoms. The molecule has 3 rings (SSSR count). The molecule has 0 bridgehead atoms. The Morgan fingerprint density at radius 3 is 2.34 bits per heavy atom. The van der Waals surface area contributed by atoms with Crippen LogP contribution in [0.4, 0.5) is 4.39 Å². The molecule has 0 aliphatic heterocycles. The third-order valence-electron chi connectivity index (χ3n) is 5.01. The fraction of sp³-hybridized carbons (Fsp3) is 0.261. The Kier molecular flexibility index (Phi) is 6.78. The highest BCUT2D eigenvalue weighted by molar-refractivity contribution is 6.88. The summed E-state index contributed by atoms with van der Waals surface area (Å²) in [5.74, 6) is -1.05. The summed E-state index contributed by atoms with van der Waals surface area (Å²) in [6.45, 7) is 6.14. The number of hydrogen-bond acceptors (Lipinski definition) is 5. The Morgan fingerprint density at radius 2 is 1.81 bits per heavy atom. The fourth-order valence-corrected chi connectivity index (χ4v) is 4.70. The van der Waals surface area contributed by atoms with Gasteiger partial charge in [0.05, 0.1) is 21.3 Å². The molecule has 2 aromatic carbocycles. The molecule has 1 heterocycles. The number of hydrogen-bond donors (Lipinski definition) is 2. The molecule has 9 heteroatoms. The van der Waals surface area contributed by atoms with Gasteiger partial charge in [0.1, 0.15) is 17.6 Å². The Bertz CT molecular complexity index is 1180. The molecular formula is C23H25FN2O5Si. The highest BCUT2D eigenvalue weighted by atomic mass is 28.3. The molecule has 0 unspecified atom stereocenters. The lowest BCUT2D eigenvalue weighted by Gasteiger charge is -2.20. The smallest absolute Gasteiger partial charge is 0.290 e. The highest BCUT2D eigenvalue weighted by Crippen LogP contribution is 2.21.